The van der Waals surface area contributed by atoms with Crippen molar-refractivity contribution in [2.45, 2.75) is 45.4 Å². The zero-order chi connectivity index (χ0) is 25.5. The first-order valence-corrected chi connectivity index (χ1v) is 12.0. The second-order valence-electron chi connectivity index (χ2n) is 10.8. The van der Waals surface area contributed by atoms with E-state index in [0.29, 0.717) is 5.56 Å². The molecular weight excluding hydrogens is 458 g/mol. The molecule has 1 N–H and O–H groups in total. The number of piperazine rings is 1. The summed E-state index contributed by atoms with van der Waals surface area (Å²) in [6.07, 6.45) is -3.72. The summed E-state index contributed by atoms with van der Waals surface area (Å²) in [5.74, 6) is -2.59. The average molecular weight is 493 g/mol. The average Bonchev–Trinajstić information content (AvgIpc) is 3.37. The molecule has 0 radical (unpaired) electrons. The SMILES string of the molecule is CN1CCN(c2ccc(C(=O)N[C@H](C(=O)N3C[C@@H](C(F)F)[C@H]4OCC(=O)[C@H]43)C(C)(C)C)cc2)CC1. The highest BCUT2D eigenvalue weighted by atomic mass is 19.3. The van der Waals surface area contributed by atoms with Gasteiger partial charge in [0.15, 0.2) is 5.78 Å². The number of anilines is 1. The number of hydrogen-bond donors (Lipinski definition) is 1. The van der Waals surface area contributed by atoms with Crippen molar-refractivity contribution in [2.75, 3.05) is 51.3 Å². The Labute approximate surface area is 204 Å². The zero-order valence-electron chi connectivity index (χ0n) is 20.7. The van der Waals surface area contributed by atoms with Crippen molar-refractivity contribution in [1.29, 1.82) is 0 Å². The number of benzene rings is 1. The maximum absolute atomic E-state index is 13.6. The van der Waals surface area contributed by atoms with E-state index in [4.69, 9.17) is 4.74 Å². The summed E-state index contributed by atoms with van der Waals surface area (Å²) in [5, 5.41) is 2.80. The maximum Gasteiger partial charge on any atom is 0.251 e. The Kier molecular flexibility index (Phi) is 7.15. The number of nitrogens with zero attached hydrogens (tertiary/aromatic N) is 3. The van der Waals surface area contributed by atoms with Gasteiger partial charge < -0.3 is 24.8 Å². The first-order valence-electron chi connectivity index (χ1n) is 12.0. The second-order valence-corrected chi connectivity index (χ2v) is 10.8. The van der Waals surface area contributed by atoms with E-state index in [1.807, 2.05) is 12.1 Å². The Balaban J connectivity index is 1.49. The maximum atomic E-state index is 13.6. The lowest BCUT2D eigenvalue weighted by Crippen LogP contribution is -2.57. The van der Waals surface area contributed by atoms with Crippen molar-refractivity contribution < 1.29 is 27.9 Å². The Morgan fingerprint density at radius 1 is 1.09 bits per heavy atom. The van der Waals surface area contributed by atoms with Gasteiger partial charge in [-0.25, -0.2) is 8.78 Å². The molecule has 4 rings (SSSR count). The number of amides is 2. The second kappa shape index (κ2) is 9.81. The fraction of sp³-hybridized carbons (Fsp3) is 0.640. The zero-order valence-corrected chi connectivity index (χ0v) is 20.7. The van der Waals surface area contributed by atoms with Crippen LogP contribution < -0.4 is 10.2 Å². The van der Waals surface area contributed by atoms with Gasteiger partial charge in [0.1, 0.15) is 18.7 Å². The highest BCUT2D eigenvalue weighted by molar-refractivity contribution is 5.99. The number of ketones is 1. The third-order valence-electron chi connectivity index (χ3n) is 7.22. The van der Waals surface area contributed by atoms with Crippen LogP contribution in [0.1, 0.15) is 31.1 Å². The predicted octanol–water partition coefficient (Wildman–Crippen LogP) is 1.64. The van der Waals surface area contributed by atoms with Gasteiger partial charge in [-0.3, -0.25) is 14.4 Å². The minimum absolute atomic E-state index is 0.278. The molecule has 4 atom stereocenters. The summed E-state index contributed by atoms with van der Waals surface area (Å²) in [6, 6.07) is 5.19. The number of likely N-dealkylation sites (tertiary alicyclic amines) is 1. The van der Waals surface area contributed by atoms with Gasteiger partial charge in [0.25, 0.3) is 5.91 Å². The number of nitrogens with one attached hydrogen (secondary N) is 1. The molecule has 0 unspecified atom stereocenters. The number of ether oxygens (including phenoxy) is 1. The van der Waals surface area contributed by atoms with Crippen LogP contribution in [-0.4, -0.2) is 98.4 Å². The van der Waals surface area contributed by atoms with E-state index in [9.17, 15) is 23.2 Å². The monoisotopic (exact) mass is 492 g/mol. The van der Waals surface area contributed by atoms with Crippen LogP contribution in [0.4, 0.5) is 14.5 Å². The molecule has 3 heterocycles. The molecule has 192 valence electrons. The number of likely N-dealkylation sites (N-methyl/N-ethyl adjacent to an activating group) is 1. The molecule has 10 heteroatoms. The number of Topliss-reactive ketones (excluding diaryl/α,β-unsaturated/α-hetero) is 1. The minimum atomic E-state index is -2.72. The fourth-order valence-corrected chi connectivity index (χ4v) is 5.06. The lowest BCUT2D eigenvalue weighted by atomic mass is 9.85. The van der Waals surface area contributed by atoms with Gasteiger partial charge in [0, 0.05) is 44.0 Å². The molecule has 3 saturated heterocycles. The molecule has 1 aromatic rings. The van der Waals surface area contributed by atoms with Crippen LogP contribution in [0.5, 0.6) is 0 Å². The number of rotatable bonds is 5. The molecule has 0 aliphatic carbocycles. The van der Waals surface area contributed by atoms with Crippen LogP contribution in [-0.2, 0) is 14.3 Å². The van der Waals surface area contributed by atoms with E-state index in [-0.39, 0.29) is 18.9 Å². The van der Waals surface area contributed by atoms with Crippen LogP contribution in [0.25, 0.3) is 0 Å². The first kappa shape index (κ1) is 25.5. The molecule has 0 bridgehead atoms. The van der Waals surface area contributed by atoms with E-state index in [1.165, 1.54) is 4.90 Å². The number of halogens is 2. The summed E-state index contributed by atoms with van der Waals surface area (Å²) in [6.45, 7) is 8.55. The Morgan fingerprint density at radius 3 is 2.29 bits per heavy atom. The lowest BCUT2D eigenvalue weighted by molar-refractivity contribution is -0.140. The van der Waals surface area contributed by atoms with Crippen molar-refractivity contribution in [3.05, 3.63) is 29.8 Å². The van der Waals surface area contributed by atoms with Crippen LogP contribution in [0.2, 0.25) is 0 Å². The van der Waals surface area contributed by atoms with E-state index in [0.717, 1.165) is 31.9 Å². The molecule has 0 aromatic heterocycles. The fourth-order valence-electron chi connectivity index (χ4n) is 5.06. The Bertz CT molecular complexity index is 957. The first-order chi connectivity index (χ1) is 16.5. The molecule has 1 aromatic carbocycles. The normalized spacial score (nSPS) is 26.3. The lowest BCUT2D eigenvalue weighted by Gasteiger charge is -2.35. The smallest absolute Gasteiger partial charge is 0.251 e. The summed E-state index contributed by atoms with van der Waals surface area (Å²) in [4.78, 5) is 44.7. The van der Waals surface area contributed by atoms with Gasteiger partial charge in [0.2, 0.25) is 12.3 Å². The third-order valence-corrected chi connectivity index (χ3v) is 7.22. The molecular formula is C25H34F2N4O4. The Hall–Kier alpha value is -2.59. The molecule has 0 saturated carbocycles. The number of hydrogen-bond acceptors (Lipinski definition) is 6. The number of carbonyl (C=O) groups excluding carboxylic acids is 3. The summed E-state index contributed by atoms with van der Waals surface area (Å²) in [7, 11) is 2.09. The van der Waals surface area contributed by atoms with Crippen molar-refractivity contribution in [2.24, 2.45) is 11.3 Å². The topological polar surface area (TPSA) is 82.2 Å². The summed E-state index contributed by atoms with van der Waals surface area (Å²) in [5.41, 5.74) is 0.710. The highest BCUT2D eigenvalue weighted by Crippen LogP contribution is 2.36. The molecule has 0 spiro atoms. The van der Waals surface area contributed by atoms with Crippen molar-refractivity contribution in [3.8, 4) is 0 Å². The van der Waals surface area contributed by atoms with Crippen molar-refractivity contribution >= 4 is 23.3 Å². The van der Waals surface area contributed by atoms with E-state index in [1.54, 1.807) is 32.9 Å². The predicted molar refractivity (Wildman–Crippen MR) is 127 cm³/mol. The van der Waals surface area contributed by atoms with Crippen LogP contribution in [0.15, 0.2) is 24.3 Å². The van der Waals surface area contributed by atoms with Gasteiger partial charge >= 0.3 is 0 Å². The summed E-state index contributed by atoms with van der Waals surface area (Å²) < 4.78 is 32.5. The molecule has 35 heavy (non-hydrogen) atoms. The van der Waals surface area contributed by atoms with E-state index >= 15 is 0 Å². The molecule has 2 amide bonds. The van der Waals surface area contributed by atoms with Crippen LogP contribution in [0.3, 0.4) is 0 Å². The standard InChI is InChI=1S/C25H34F2N4O4/c1-25(2,3)21(24(34)31-13-17(22(26)27)20-19(31)18(32)14-35-20)28-23(33)15-5-7-16(8-6-15)30-11-9-29(4)10-12-30/h5-8,17,19-22H,9-14H2,1-4H3,(H,28,33)/t17-,19-,20-,21-/m1/s1. The molecule has 3 aliphatic rings. The summed E-state index contributed by atoms with van der Waals surface area (Å²) >= 11 is 0. The number of alkyl halides is 2. The molecule has 3 fully saturated rings. The largest absolute Gasteiger partial charge is 0.369 e. The number of carbonyl (C=O) groups is 3. The Morgan fingerprint density at radius 2 is 1.71 bits per heavy atom. The van der Waals surface area contributed by atoms with E-state index in [2.05, 4.69) is 22.2 Å². The van der Waals surface area contributed by atoms with E-state index < -0.39 is 47.8 Å². The molecule has 3 aliphatic heterocycles. The highest BCUT2D eigenvalue weighted by Gasteiger charge is 2.56. The minimum Gasteiger partial charge on any atom is -0.369 e. The van der Waals surface area contributed by atoms with Gasteiger partial charge in [-0.1, -0.05) is 20.8 Å². The van der Waals surface area contributed by atoms with Crippen molar-refractivity contribution in [3.63, 3.8) is 0 Å². The van der Waals surface area contributed by atoms with Crippen molar-refractivity contribution in [1.82, 2.24) is 15.1 Å². The van der Waals surface area contributed by atoms with Gasteiger partial charge in [0.05, 0.1) is 12.0 Å². The van der Waals surface area contributed by atoms with Gasteiger partial charge in [-0.2, -0.15) is 0 Å². The van der Waals surface area contributed by atoms with Crippen LogP contribution >= 0.6 is 0 Å². The molecule has 8 nitrogen and oxygen atoms in total. The van der Waals surface area contributed by atoms with Gasteiger partial charge in [-0.05, 0) is 36.7 Å². The van der Waals surface area contributed by atoms with Gasteiger partial charge in [-0.15, -0.1) is 0 Å². The van der Waals surface area contributed by atoms with Crippen LogP contribution in [0, 0.1) is 11.3 Å². The third kappa shape index (κ3) is 5.18. The quantitative estimate of drug-likeness (QED) is 0.673. The number of fused-ring (bicyclic) bond motifs is 1.